The molecular formula is C11H10ClFO. The molecule has 0 bridgehead atoms. The summed E-state index contributed by atoms with van der Waals surface area (Å²) in [6, 6.07) is 4.51. The Bertz CT molecular complexity index is 372. The van der Waals surface area contributed by atoms with Crippen LogP contribution in [-0.2, 0) is 10.2 Å². The Morgan fingerprint density at radius 2 is 2.14 bits per heavy atom. The molecule has 74 valence electrons. The summed E-state index contributed by atoms with van der Waals surface area (Å²) < 4.78 is 13.5. The third kappa shape index (κ3) is 1.34. The summed E-state index contributed by atoms with van der Waals surface area (Å²) >= 11 is 5.64. The van der Waals surface area contributed by atoms with Gasteiger partial charge in [0, 0.05) is 10.6 Å². The van der Waals surface area contributed by atoms with Crippen molar-refractivity contribution < 1.29 is 9.18 Å². The van der Waals surface area contributed by atoms with Crippen LogP contribution in [0.25, 0.3) is 0 Å². The van der Waals surface area contributed by atoms with Gasteiger partial charge in [0.2, 0.25) is 0 Å². The second-order valence-electron chi connectivity index (χ2n) is 3.75. The van der Waals surface area contributed by atoms with Crippen LogP contribution in [0.5, 0.6) is 0 Å². The van der Waals surface area contributed by atoms with Crippen LogP contribution in [0, 0.1) is 5.82 Å². The van der Waals surface area contributed by atoms with E-state index in [0.29, 0.717) is 10.6 Å². The van der Waals surface area contributed by atoms with E-state index in [9.17, 15) is 9.18 Å². The first kappa shape index (κ1) is 9.66. The first-order chi connectivity index (χ1) is 6.68. The van der Waals surface area contributed by atoms with Crippen LogP contribution < -0.4 is 0 Å². The summed E-state index contributed by atoms with van der Waals surface area (Å²) in [5, 5.41) is 0.367. The predicted molar refractivity (Wildman–Crippen MR) is 53.0 cm³/mol. The van der Waals surface area contributed by atoms with Crippen molar-refractivity contribution in [2.24, 2.45) is 0 Å². The van der Waals surface area contributed by atoms with Gasteiger partial charge in [-0.3, -0.25) is 0 Å². The summed E-state index contributed by atoms with van der Waals surface area (Å²) in [7, 11) is 0. The van der Waals surface area contributed by atoms with Crippen molar-refractivity contribution >= 4 is 17.9 Å². The van der Waals surface area contributed by atoms with E-state index < -0.39 is 5.41 Å². The average molecular weight is 213 g/mol. The molecular weight excluding hydrogens is 203 g/mol. The minimum atomic E-state index is -0.575. The fraction of sp³-hybridized carbons (Fsp3) is 0.364. The van der Waals surface area contributed by atoms with E-state index in [1.165, 1.54) is 6.07 Å². The molecule has 0 amide bonds. The fourth-order valence-electron chi connectivity index (χ4n) is 1.90. The van der Waals surface area contributed by atoms with Gasteiger partial charge in [-0.15, -0.1) is 0 Å². The molecule has 1 fully saturated rings. The number of aldehydes is 1. The first-order valence-corrected chi connectivity index (χ1v) is 4.98. The van der Waals surface area contributed by atoms with Gasteiger partial charge in [-0.05, 0) is 25.0 Å². The molecule has 3 heteroatoms. The third-order valence-electron chi connectivity index (χ3n) is 2.94. The summed E-state index contributed by atoms with van der Waals surface area (Å²) in [4.78, 5) is 10.9. The zero-order chi connectivity index (χ0) is 10.2. The number of hydrogen-bond acceptors (Lipinski definition) is 1. The highest BCUT2D eigenvalue weighted by atomic mass is 35.5. The van der Waals surface area contributed by atoms with Gasteiger partial charge in [0.1, 0.15) is 12.1 Å². The van der Waals surface area contributed by atoms with Crippen molar-refractivity contribution in [3.8, 4) is 0 Å². The Balaban J connectivity index is 2.45. The topological polar surface area (TPSA) is 17.1 Å². The van der Waals surface area contributed by atoms with Crippen molar-refractivity contribution in [2.45, 2.75) is 24.7 Å². The van der Waals surface area contributed by atoms with Crippen LogP contribution in [-0.4, -0.2) is 6.29 Å². The standard InChI is InChI=1S/C11H10ClFO/c12-8-2-3-9(10(13)6-8)11(7-14)4-1-5-11/h2-3,6-7H,1,4-5H2. The summed E-state index contributed by atoms with van der Waals surface area (Å²) in [6.07, 6.45) is 3.34. The van der Waals surface area contributed by atoms with E-state index in [1.54, 1.807) is 12.1 Å². The van der Waals surface area contributed by atoms with Crippen molar-refractivity contribution in [3.63, 3.8) is 0 Å². The van der Waals surface area contributed by atoms with Crippen molar-refractivity contribution in [1.29, 1.82) is 0 Å². The van der Waals surface area contributed by atoms with E-state index in [-0.39, 0.29) is 5.82 Å². The molecule has 0 unspecified atom stereocenters. The summed E-state index contributed by atoms with van der Waals surface area (Å²) in [5.41, 5.74) is -0.0857. The predicted octanol–water partition coefficient (Wildman–Crippen LogP) is 3.10. The molecule has 0 radical (unpaired) electrons. The van der Waals surface area contributed by atoms with Gasteiger partial charge in [0.15, 0.2) is 0 Å². The molecule has 0 N–H and O–H groups in total. The van der Waals surface area contributed by atoms with E-state index in [4.69, 9.17) is 11.6 Å². The van der Waals surface area contributed by atoms with Crippen LogP contribution in [0.3, 0.4) is 0 Å². The Hall–Kier alpha value is -0.890. The number of hydrogen-bond donors (Lipinski definition) is 0. The lowest BCUT2D eigenvalue weighted by atomic mass is 9.65. The number of rotatable bonds is 2. The van der Waals surface area contributed by atoms with Gasteiger partial charge in [-0.2, -0.15) is 0 Å². The number of carbonyl (C=O) groups is 1. The molecule has 0 spiro atoms. The second kappa shape index (κ2) is 3.35. The Morgan fingerprint density at radius 3 is 2.57 bits per heavy atom. The monoisotopic (exact) mass is 212 g/mol. The van der Waals surface area contributed by atoms with E-state index in [2.05, 4.69) is 0 Å². The van der Waals surface area contributed by atoms with Gasteiger partial charge in [0.05, 0.1) is 5.41 Å². The first-order valence-electron chi connectivity index (χ1n) is 4.60. The molecule has 1 nitrogen and oxygen atoms in total. The highest BCUT2D eigenvalue weighted by molar-refractivity contribution is 6.30. The Morgan fingerprint density at radius 1 is 1.43 bits per heavy atom. The van der Waals surface area contributed by atoms with Gasteiger partial charge >= 0.3 is 0 Å². The molecule has 0 aliphatic heterocycles. The minimum Gasteiger partial charge on any atom is -0.302 e. The highest BCUT2D eigenvalue weighted by Crippen LogP contribution is 2.43. The maximum Gasteiger partial charge on any atom is 0.130 e. The van der Waals surface area contributed by atoms with Gasteiger partial charge in [-0.25, -0.2) is 4.39 Å². The Kier molecular flexibility index (Phi) is 2.31. The lowest BCUT2D eigenvalue weighted by Gasteiger charge is -2.37. The van der Waals surface area contributed by atoms with Crippen molar-refractivity contribution in [3.05, 3.63) is 34.6 Å². The summed E-state index contributed by atoms with van der Waals surface area (Å²) in [6.45, 7) is 0. The van der Waals surface area contributed by atoms with Gasteiger partial charge in [-0.1, -0.05) is 24.1 Å². The fourth-order valence-corrected chi connectivity index (χ4v) is 2.06. The molecule has 2 rings (SSSR count). The lowest BCUT2D eigenvalue weighted by Crippen LogP contribution is -2.36. The summed E-state index contributed by atoms with van der Waals surface area (Å²) in [5.74, 6) is -0.371. The van der Waals surface area contributed by atoms with Crippen molar-refractivity contribution in [2.75, 3.05) is 0 Å². The van der Waals surface area contributed by atoms with E-state index in [0.717, 1.165) is 25.5 Å². The molecule has 1 aromatic rings. The number of halogens is 2. The average Bonchev–Trinajstić information content (AvgIpc) is 2.07. The second-order valence-corrected chi connectivity index (χ2v) is 4.19. The zero-order valence-corrected chi connectivity index (χ0v) is 8.35. The Labute approximate surface area is 86.9 Å². The molecule has 1 aromatic carbocycles. The van der Waals surface area contributed by atoms with Crippen LogP contribution in [0.15, 0.2) is 18.2 Å². The molecule has 0 atom stereocenters. The number of carbonyl (C=O) groups excluding carboxylic acids is 1. The van der Waals surface area contributed by atoms with Gasteiger partial charge in [0.25, 0.3) is 0 Å². The minimum absolute atomic E-state index is 0.367. The number of benzene rings is 1. The normalized spacial score (nSPS) is 18.7. The van der Waals surface area contributed by atoms with Crippen molar-refractivity contribution in [1.82, 2.24) is 0 Å². The van der Waals surface area contributed by atoms with Gasteiger partial charge < -0.3 is 4.79 Å². The molecule has 14 heavy (non-hydrogen) atoms. The maximum atomic E-state index is 13.5. The molecule has 0 saturated heterocycles. The van der Waals surface area contributed by atoms with Crippen LogP contribution in [0.2, 0.25) is 5.02 Å². The molecule has 1 saturated carbocycles. The van der Waals surface area contributed by atoms with Crippen LogP contribution in [0.4, 0.5) is 4.39 Å². The van der Waals surface area contributed by atoms with Crippen LogP contribution in [0.1, 0.15) is 24.8 Å². The lowest BCUT2D eigenvalue weighted by molar-refractivity contribution is -0.115. The van der Waals surface area contributed by atoms with E-state index >= 15 is 0 Å². The third-order valence-corrected chi connectivity index (χ3v) is 3.17. The highest BCUT2D eigenvalue weighted by Gasteiger charge is 2.40. The van der Waals surface area contributed by atoms with E-state index in [1.807, 2.05) is 0 Å². The smallest absolute Gasteiger partial charge is 0.130 e. The van der Waals surface area contributed by atoms with Crippen LogP contribution >= 0.6 is 11.6 Å². The largest absolute Gasteiger partial charge is 0.302 e. The SMILES string of the molecule is O=CC1(c2ccc(Cl)cc2F)CCC1. The maximum absolute atomic E-state index is 13.5. The molecule has 0 heterocycles. The molecule has 1 aliphatic carbocycles. The zero-order valence-electron chi connectivity index (χ0n) is 7.59. The molecule has 0 aromatic heterocycles. The molecule has 1 aliphatic rings. The quantitative estimate of drug-likeness (QED) is 0.689.